The predicted molar refractivity (Wildman–Crippen MR) is 75.8 cm³/mol. The number of methoxy groups -OCH3 is 1. The second-order valence-corrected chi connectivity index (χ2v) is 7.18. The van der Waals surface area contributed by atoms with Gasteiger partial charge in [0.05, 0.1) is 18.2 Å². The number of aliphatic hydroxyl groups excluding tert-OH is 1. The zero-order valence-electron chi connectivity index (χ0n) is 12.1. The van der Waals surface area contributed by atoms with Crippen molar-refractivity contribution in [2.24, 2.45) is 0 Å². The lowest BCUT2D eigenvalue weighted by atomic mass is 9.90. The van der Waals surface area contributed by atoms with Crippen LogP contribution < -0.4 is 0 Å². The molecule has 0 amide bonds. The maximum absolute atomic E-state index is 13.8. The predicted octanol–water partition coefficient (Wildman–Crippen LogP) is 1.37. The molecule has 0 radical (unpaired) electrons. The van der Waals surface area contributed by atoms with E-state index in [0.29, 0.717) is 12.8 Å². The normalized spacial score (nSPS) is 27.0. The molecule has 0 unspecified atom stereocenters. The van der Waals surface area contributed by atoms with Gasteiger partial charge in [-0.2, -0.15) is 4.31 Å². The first-order valence-electron chi connectivity index (χ1n) is 6.83. The van der Waals surface area contributed by atoms with Crippen molar-refractivity contribution in [1.82, 2.24) is 4.31 Å². The lowest BCUT2D eigenvalue weighted by Crippen LogP contribution is -2.52. The number of nitrogens with zero attached hydrogens (tertiary/aromatic N) is 1. The largest absolute Gasteiger partial charge is 0.389 e. The van der Waals surface area contributed by atoms with Crippen LogP contribution in [0.3, 0.4) is 0 Å². The van der Waals surface area contributed by atoms with Gasteiger partial charge in [-0.1, -0.05) is 12.1 Å². The van der Waals surface area contributed by atoms with Crippen LogP contribution >= 0.6 is 0 Å². The maximum Gasteiger partial charge on any atom is 0.246 e. The van der Waals surface area contributed by atoms with Crippen molar-refractivity contribution in [2.45, 2.75) is 42.4 Å². The molecular weight excluding hydrogens is 297 g/mol. The summed E-state index contributed by atoms with van der Waals surface area (Å²) in [6.07, 6.45) is 0.627. The first-order valence-corrected chi connectivity index (χ1v) is 8.27. The average molecular weight is 317 g/mol. The van der Waals surface area contributed by atoms with Crippen LogP contribution in [0.25, 0.3) is 0 Å². The maximum atomic E-state index is 13.8. The Labute approximate surface area is 124 Å². The van der Waals surface area contributed by atoms with Crippen molar-refractivity contribution < 1.29 is 22.7 Å². The lowest BCUT2D eigenvalue weighted by molar-refractivity contribution is -0.0644. The van der Waals surface area contributed by atoms with Gasteiger partial charge < -0.3 is 9.84 Å². The monoisotopic (exact) mass is 317 g/mol. The highest BCUT2D eigenvalue weighted by Crippen LogP contribution is 2.29. The fraction of sp³-hybridized carbons (Fsp3) is 0.571. The number of benzene rings is 1. The van der Waals surface area contributed by atoms with Crippen LogP contribution in [-0.4, -0.2) is 50.2 Å². The van der Waals surface area contributed by atoms with Crippen molar-refractivity contribution in [3.05, 3.63) is 30.1 Å². The molecule has 3 atom stereocenters. The van der Waals surface area contributed by atoms with E-state index in [0.717, 1.165) is 16.8 Å². The van der Waals surface area contributed by atoms with E-state index in [-0.39, 0.29) is 4.90 Å². The molecule has 1 aromatic rings. The van der Waals surface area contributed by atoms with Gasteiger partial charge in [-0.05, 0) is 31.4 Å². The molecule has 21 heavy (non-hydrogen) atoms. The smallest absolute Gasteiger partial charge is 0.246 e. The first-order chi connectivity index (χ1) is 9.89. The fourth-order valence-electron chi connectivity index (χ4n) is 2.76. The van der Waals surface area contributed by atoms with E-state index in [9.17, 15) is 17.9 Å². The van der Waals surface area contributed by atoms with Crippen LogP contribution in [0.15, 0.2) is 29.2 Å². The summed E-state index contributed by atoms with van der Waals surface area (Å²) in [5.41, 5.74) is 0. The van der Waals surface area contributed by atoms with Crippen molar-refractivity contribution in [1.29, 1.82) is 0 Å². The highest BCUT2D eigenvalue weighted by molar-refractivity contribution is 7.89. The molecule has 118 valence electrons. The molecule has 1 aliphatic carbocycles. The van der Waals surface area contributed by atoms with E-state index in [2.05, 4.69) is 0 Å². The minimum Gasteiger partial charge on any atom is -0.389 e. The van der Waals surface area contributed by atoms with Gasteiger partial charge in [-0.3, -0.25) is 0 Å². The molecule has 1 aliphatic rings. The van der Waals surface area contributed by atoms with Crippen LogP contribution in [0.2, 0.25) is 0 Å². The Morgan fingerprint density at radius 2 is 2.00 bits per heavy atom. The second-order valence-electron chi connectivity index (χ2n) is 5.21. The van der Waals surface area contributed by atoms with E-state index in [1.165, 1.54) is 32.4 Å². The molecular formula is C14H20FNO4S. The van der Waals surface area contributed by atoms with Gasteiger partial charge in [0, 0.05) is 14.2 Å². The van der Waals surface area contributed by atoms with Crippen LogP contribution in [0.5, 0.6) is 0 Å². The third-order valence-corrected chi connectivity index (χ3v) is 5.94. The number of rotatable bonds is 4. The average Bonchev–Trinajstić information content (AvgIpc) is 2.47. The Morgan fingerprint density at radius 3 is 2.62 bits per heavy atom. The molecule has 0 spiro atoms. The highest BCUT2D eigenvalue weighted by atomic mass is 32.2. The first kappa shape index (κ1) is 16.4. The van der Waals surface area contributed by atoms with Crippen LogP contribution in [-0.2, 0) is 14.8 Å². The molecule has 1 saturated carbocycles. The summed E-state index contributed by atoms with van der Waals surface area (Å²) in [5, 5.41) is 10.3. The van der Waals surface area contributed by atoms with Crippen LogP contribution in [0.1, 0.15) is 19.3 Å². The van der Waals surface area contributed by atoms with Crippen LogP contribution in [0.4, 0.5) is 4.39 Å². The molecule has 0 saturated heterocycles. The molecule has 2 rings (SSSR count). The third-order valence-electron chi connectivity index (χ3n) is 4.03. The zero-order chi connectivity index (χ0) is 15.6. The quantitative estimate of drug-likeness (QED) is 0.911. The fourth-order valence-corrected chi connectivity index (χ4v) is 4.22. The Kier molecular flexibility index (Phi) is 4.98. The summed E-state index contributed by atoms with van der Waals surface area (Å²) in [5.74, 6) is -0.794. The number of hydrogen-bond acceptors (Lipinski definition) is 4. The van der Waals surface area contributed by atoms with Crippen molar-refractivity contribution in [3.8, 4) is 0 Å². The van der Waals surface area contributed by atoms with Crippen molar-refractivity contribution in [2.75, 3.05) is 14.2 Å². The molecule has 1 N–H and O–H groups in total. The minimum atomic E-state index is -3.99. The molecule has 0 aliphatic heterocycles. The highest BCUT2D eigenvalue weighted by Gasteiger charge is 2.39. The second kappa shape index (κ2) is 6.39. The molecule has 1 aromatic carbocycles. The summed E-state index contributed by atoms with van der Waals surface area (Å²) in [6, 6.07) is 4.62. The van der Waals surface area contributed by atoms with E-state index in [1.54, 1.807) is 0 Å². The SMILES string of the molecule is CO[C@@H]1CCC[C@@H](N(C)S(=O)(=O)c2ccccc2F)[C@H]1O. The van der Waals surface area contributed by atoms with Gasteiger partial charge in [-0.15, -0.1) is 0 Å². The van der Waals surface area contributed by atoms with Gasteiger partial charge >= 0.3 is 0 Å². The number of aliphatic hydroxyl groups is 1. The number of likely N-dealkylation sites (N-methyl/N-ethyl adjacent to an activating group) is 1. The topological polar surface area (TPSA) is 66.8 Å². The Bertz CT molecular complexity index is 592. The Hall–Kier alpha value is -1.02. The van der Waals surface area contributed by atoms with E-state index in [4.69, 9.17) is 4.74 Å². The lowest BCUT2D eigenvalue weighted by Gasteiger charge is -2.38. The molecule has 7 heteroatoms. The van der Waals surface area contributed by atoms with E-state index < -0.39 is 34.1 Å². The molecule has 0 heterocycles. The zero-order valence-corrected chi connectivity index (χ0v) is 12.9. The Balaban J connectivity index is 2.30. The van der Waals surface area contributed by atoms with Gasteiger partial charge in [0.2, 0.25) is 10.0 Å². The summed E-state index contributed by atoms with van der Waals surface area (Å²) in [4.78, 5) is -0.376. The van der Waals surface area contributed by atoms with Gasteiger partial charge in [0.15, 0.2) is 0 Å². The molecule has 0 aromatic heterocycles. The summed E-state index contributed by atoms with van der Waals surface area (Å²) in [6.45, 7) is 0. The summed E-state index contributed by atoms with van der Waals surface area (Å²) >= 11 is 0. The number of halogens is 1. The Morgan fingerprint density at radius 1 is 1.33 bits per heavy atom. The van der Waals surface area contributed by atoms with Gasteiger partial charge in [-0.25, -0.2) is 12.8 Å². The number of ether oxygens (including phenoxy) is 1. The molecule has 5 nitrogen and oxygen atoms in total. The van der Waals surface area contributed by atoms with Crippen molar-refractivity contribution >= 4 is 10.0 Å². The standard InChI is InChI=1S/C14H20FNO4S/c1-16(11-7-5-8-12(20-2)14(11)17)21(18,19)13-9-4-3-6-10(13)15/h3-4,6,9,11-12,14,17H,5,7-8H2,1-2H3/t11-,12-,14-/m1/s1. The van der Waals surface area contributed by atoms with E-state index >= 15 is 0 Å². The van der Waals surface area contributed by atoms with Gasteiger partial charge in [0.25, 0.3) is 0 Å². The number of hydrogen-bond donors (Lipinski definition) is 1. The van der Waals surface area contributed by atoms with Crippen LogP contribution in [0, 0.1) is 5.82 Å². The summed E-state index contributed by atoms with van der Waals surface area (Å²) < 4.78 is 45.1. The third kappa shape index (κ3) is 3.11. The van der Waals surface area contributed by atoms with E-state index in [1.807, 2.05) is 0 Å². The minimum absolute atomic E-state index is 0.376. The van der Waals surface area contributed by atoms with Gasteiger partial charge in [0.1, 0.15) is 10.7 Å². The summed E-state index contributed by atoms with van der Waals surface area (Å²) in [7, 11) is -1.13. The molecule has 0 bridgehead atoms. The number of sulfonamides is 1. The molecule has 1 fully saturated rings. The van der Waals surface area contributed by atoms with Crippen molar-refractivity contribution in [3.63, 3.8) is 0 Å².